The normalized spacial score (nSPS) is 14.6. The Morgan fingerprint density at radius 1 is 1.10 bits per heavy atom. The molecule has 0 aliphatic carbocycles. The summed E-state index contributed by atoms with van der Waals surface area (Å²) in [5, 5.41) is 8.67. The second-order valence-corrected chi connectivity index (χ2v) is 8.31. The number of hydrogen-bond donors (Lipinski definition) is 1. The van der Waals surface area contributed by atoms with Crippen LogP contribution in [-0.4, -0.2) is 45.9 Å². The lowest BCUT2D eigenvalue weighted by Gasteiger charge is -2.22. The first-order valence-corrected chi connectivity index (χ1v) is 10.9. The van der Waals surface area contributed by atoms with Crippen molar-refractivity contribution in [3.63, 3.8) is 0 Å². The van der Waals surface area contributed by atoms with Crippen molar-refractivity contribution in [3.8, 4) is 5.75 Å². The molecule has 2 aromatic carbocycles. The number of aromatic nitrogens is 3. The predicted octanol–water partition coefficient (Wildman–Crippen LogP) is 3.05. The molecule has 8 heteroatoms. The van der Waals surface area contributed by atoms with Crippen LogP contribution < -0.4 is 10.6 Å². The highest BCUT2D eigenvalue weighted by Gasteiger charge is 2.30. The lowest BCUT2D eigenvalue weighted by atomic mass is 10.1. The molecule has 30 heavy (non-hydrogen) atoms. The number of hydrogen-bond acceptors (Lipinski definition) is 6. The average Bonchev–Trinajstić information content (AvgIpc) is 3.44. The summed E-state index contributed by atoms with van der Waals surface area (Å²) in [5.41, 5.74) is 2.00. The molecule has 4 rings (SSSR count). The van der Waals surface area contributed by atoms with Gasteiger partial charge in [-0.3, -0.25) is 4.79 Å². The Balaban J connectivity index is 1.55. The topological polar surface area (TPSA) is 86.3 Å². The molecule has 1 atom stereocenters. The number of carbonyl (C=O) groups is 1. The van der Waals surface area contributed by atoms with Crippen LogP contribution in [-0.2, 0) is 11.2 Å². The first-order chi connectivity index (χ1) is 14.7. The van der Waals surface area contributed by atoms with Gasteiger partial charge in [-0.1, -0.05) is 54.2 Å². The van der Waals surface area contributed by atoms with E-state index in [1.165, 1.54) is 16.4 Å². The molecule has 0 saturated carbocycles. The average molecular weight is 424 g/mol. The summed E-state index contributed by atoms with van der Waals surface area (Å²) < 4.78 is 6.69. The van der Waals surface area contributed by atoms with Crippen molar-refractivity contribution < 1.29 is 9.53 Å². The van der Waals surface area contributed by atoms with Crippen LogP contribution in [0, 0.1) is 0 Å². The van der Waals surface area contributed by atoms with Crippen LogP contribution in [0.3, 0.4) is 0 Å². The largest absolute Gasteiger partial charge is 0.497 e. The van der Waals surface area contributed by atoms with Crippen molar-refractivity contribution in [1.29, 1.82) is 0 Å². The SMILES string of the molecule is COc1ccc(Cc2nnc(S[C@@H](C(=O)N3CCCC3)c3ccccc3)n2N)cc1. The Morgan fingerprint density at radius 3 is 2.47 bits per heavy atom. The summed E-state index contributed by atoms with van der Waals surface area (Å²) in [6.07, 6.45) is 2.65. The van der Waals surface area contributed by atoms with E-state index >= 15 is 0 Å². The Bertz CT molecular complexity index is 985. The molecule has 2 heterocycles. The second-order valence-electron chi connectivity index (χ2n) is 7.23. The van der Waals surface area contributed by atoms with Crippen molar-refractivity contribution in [2.45, 2.75) is 29.7 Å². The molecule has 1 aromatic heterocycles. The first kappa shape index (κ1) is 20.3. The van der Waals surface area contributed by atoms with Crippen LogP contribution in [0.2, 0.25) is 0 Å². The maximum atomic E-state index is 13.2. The highest BCUT2D eigenvalue weighted by molar-refractivity contribution is 8.00. The van der Waals surface area contributed by atoms with E-state index in [1.807, 2.05) is 59.5 Å². The number of nitrogen functional groups attached to an aromatic ring is 1. The van der Waals surface area contributed by atoms with Gasteiger partial charge in [-0.15, -0.1) is 10.2 Å². The van der Waals surface area contributed by atoms with Gasteiger partial charge in [-0.05, 0) is 36.1 Å². The van der Waals surface area contributed by atoms with Crippen LogP contribution in [0.15, 0.2) is 59.8 Å². The van der Waals surface area contributed by atoms with E-state index < -0.39 is 5.25 Å². The number of likely N-dealkylation sites (tertiary alicyclic amines) is 1. The van der Waals surface area contributed by atoms with Gasteiger partial charge in [0.15, 0.2) is 5.82 Å². The number of carbonyl (C=O) groups excluding carboxylic acids is 1. The molecule has 1 fully saturated rings. The number of amides is 1. The lowest BCUT2D eigenvalue weighted by Crippen LogP contribution is -2.31. The molecule has 7 nitrogen and oxygen atoms in total. The van der Waals surface area contributed by atoms with Crippen LogP contribution >= 0.6 is 11.8 Å². The number of nitrogens with two attached hydrogens (primary N) is 1. The van der Waals surface area contributed by atoms with Crippen LogP contribution in [0.4, 0.5) is 0 Å². The number of rotatable bonds is 7. The summed E-state index contributed by atoms with van der Waals surface area (Å²) in [6.45, 7) is 1.61. The molecule has 0 radical (unpaired) electrons. The van der Waals surface area contributed by atoms with Gasteiger partial charge in [0.05, 0.1) is 7.11 Å². The Morgan fingerprint density at radius 2 is 1.80 bits per heavy atom. The van der Waals surface area contributed by atoms with Crippen molar-refractivity contribution >= 4 is 17.7 Å². The van der Waals surface area contributed by atoms with Gasteiger partial charge >= 0.3 is 0 Å². The predicted molar refractivity (Wildman–Crippen MR) is 117 cm³/mol. The monoisotopic (exact) mass is 423 g/mol. The zero-order valence-corrected chi connectivity index (χ0v) is 17.7. The van der Waals surface area contributed by atoms with Crippen molar-refractivity contribution in [1.82, 2.24) is 19.8 Å². The molecule has 0 spiro atoms. The van der Waals surface area contributed by atoms with Crippen molar-refractivity contribution in [2.75, 3.05) is 26.0 Å². The zero-order chi connectivity index (χ0) is 20.9. The van der Waals surface area contributed by atoms with Gasteiger partial charge in [0.2, 0.25) is 11.1 Å². The summed E-state index contributed by atoms with van der Waals surface area (Å²) in [5.74, 6) is 7.85. The highest BCUT2D eigenvalue weighted by Crippen LogP contribution is 2.36. The highest BCUT2D eigenvalue weighted by atomic mass is 32.2. The first-order valence-electron chi connectivity index (χ1n) is 9.98. The number of ether oxygens (including phenoxy) is 1. The maximum absolute atomic E-state index is 13.2. The summed E-state index contributed by atoms with van der Waals surface area (Å²) in [6, 6.07) is 17.6. The van der Waals surface area contributed by atoms with Crippen LogP contribution in [0.25, 0.3) is 0 Å². The Labute approximate surface area is 180 Å². The quantitative estimate of drug-likeness (QED) is 0.464. The molecular formula is C22H25N5O2S. The zero-order valence-electron chi connectivity index (χ0n) is 16.9. The summed E-state index contributed by atoms with van der Waals surface area (Å²) in [7, 11) is 1.64. The molecule has 1 aliphatic rings. The minimum Gasteiger partial charge on any atom is -0.497 e. The van der Waals surface area contributed by atoms with E-state index in [-0.39, 0.29) is 5.91 Å². The molecule has 3 aromatic rings. The summed E-state index contributed by atoms with van der Waals surface area (Å²) >= 11 is 1.35. The standard InChI is InChI=1S/C22H25N5O2S/c1-29-18-11-9-16(10-12-18)15-19-24-25-22(27(19)23)30-20(17-7-3-2-4-8-17)21(28)26-13-5-6-14-26/h2-4,7-12,20H,5-6,13-15,23H2,1H3/t20-/m1/s1. The Hall–Kier alpha value is -3.00. The molecule has 0 bridgehead atoms. The summed E-state index contributed by atoms with van der Waals surface area (Å²) in [4.78, 5) is 15.1. The van der Waals surface area contributed by atoms with E-state index in [0.717, 1.165) is 42.8 Å². The van der Waals surface area contributed by atoms with Crippen LogP contribution in [0.5, 0.6) is 5.75 Å². The molecule has 156 valence electrons. The van der Waals surface area contributed by atoms with E-state index in [9.17, 15) is 4.79 Å². The maximum Gasteiger partial charge on any atom is 0.240 e. The minimum absolute atomic E-state index is 0.100. The van der Waals surface area contributed by atoms with E-state index in [2.05, 4.69) is 10.2 Å². The van der Waals surface area contributed by atoms with Gasteiger partial charge in [0, 0.05) is 19.5 Å². The van der Waals surface area contributed by atoms with E-state index in [0.29, 0.717) is 17.4 Å². The third-order valence-electron chi connectivity index (χ3n) is 5.22. The fraction of sp³-hybridized carbons (Fsp3) is 0.318. The van der Waals surface area contributed by atoms with Crippen molar-refractivity contribution in [2.24, 2.45) is 0 Å². The fourth-order valence-electron chi connectivity index (χ4n) is 3.53. The van der Waals surface area contributed by atoms with Gasteiger partial charge in [0.25, 0.3) is 0 Å². The van der Waals surface area contributed by atoms with Gasteiger partial charge < -0.3 is 15.5 Å². The Kier molecular flexibility index (Phi) is 6.23. The molecule has 2 N–H and O–H groups in total. The number of nitrogens with zero attached hydrogens (tertiary/aromatic N) is 4. The van der Waals surface area contributed by atoms with Gasteiger partial charge in [-0.2, -0.15) is 0 Å². The molecule has 1 amide bonds. The second kappa shape index (κ2) is 9.21. The minimum atomic E-state index is -0.398. The van der Waals surface area contributed by atoms with E-state index in [1.54, 1.807) is 7.11 Å². The van der Waals surface area contributed by atoms with Crippen LogP contribution in [0.1, 0.15) is 35.0 Å². The smallest absolute Gasteiger partial charge is 0.240 e. The van der Waals surface area contributed by atoms with Crippen molar-refractivity contribution in [3.05, 3.63) is 71.5 Å². The molecular weight excluding hydrogens is 398 g/mol. The third-order valence-corrected chi connectivity index (χ3v) is 6.42. The molecule has 0 unspecified atom stereocenters. The fourth-order valence-corrected chi connectivity index (χ4v) is 4.59. The van der Waals surface area contributed by atoms with Gasteiger partial charge in [0.1, 0.15) is 11.0 Å². The molecule has 1 saturated heterocycles. The third kappa shape index (κ3) is 4.43. The number of methoxy groups -OCH3 is 1. The molecule has 1 aliphatic heterocycles. The van der Waals surface area contributed by atoms with Gasteiger partial charge in [-0.25, -0.2) is 4.68 Å². The number of thioether (sulfide) groups is 1. The van der Waals surface area contributed by atoms with E-state index in [4.69, 9.17) is 10.6 Å². The lowest BCUT2D eigenvalue weighted by molar-refractivity contribution is -0.129. The number of benzene rings is 2.